The monoisotopic (exact) mass is 352 g/mol. The maximum Gasteiger partial charge on any atom is 0.351 e. The normalized spacial score (nSPS) is 15.7. The van der Waals surface area contributed by atoms with E-state index in [1.165, 1.54) is 6.07 Å². The lowest BCUT2D eigenvalue weighted by Gasteiger charge is -2.24. The molecule has 3 aromatic rings. The van der Waals surface area contributed by atoms with Crippen LogP contribution in [0.4, 0.5) is 0 Å². The molecular weight excluding hydrogens is 336 g/mol. The quantitative estimate of drug-likeness (QED) is 0.533. The van der Waals surface area contributed by atoms with Crippen LogP contribution in [0.15, 0.2) is 57.7 Å². The average molecular weight is 352 g/mol. The zero-order chi connectivity index (χ0) is 18.1. The van der Waals surface area contributed by atoms with Crippen LogP contribution in [-0.4, -0.2) is 18.7 Å². The van der Waals surface area contributed by atoms with E-state index in [0.29, 0.717) is 22.6 Å². The average Bonchev–Trinajstić information content (AvgIpc) is 2.65. The molecule has 0 saturated heterocycles. The highest BCUT2D eigenvalue weighted by Gasteiger charge is 2.28. The third kappa shape index (κ3) is 3.13. The fourth-order valence-corrected chi connectivity index (χ4v) is 2.83. The minimum absolute atomic E-state index is 0.0501. The van der Waals surface area contributed by atoms with E-state index in [0.717, 1.165) is 10.9 Å². The van der Waals surface area contributed by atoms with Crippen molar-refractivity contribution in [3.8, 4) is 11.5 Å². The molecule has 2 heterocycles. The number of rotatable bonds is 3. The van der Waals surface area contributed by atoms with Gasteiger partial charge >= 0.3 is 11.6 Å². The molecule has 4 rings (SSSR count). The van der Waals surface area contributed by atoms with Crippen molar-refractivity contribution in [1.82, 2.24) is 0 Å². The Labute approximate surface area is 148 Å². The number of hydrogen-bond donors (Lipinski definition) is 0. The summed E-state index contributed by atoms with van der Waals surface area (Å²) in [7, 11) is 0. The van der Waals surface area contributed by atoms with Gasteiger partial charge in [0.1, 0.15) is 18.8 Å². The van der Waals surface area contributed by atoms with Crippen molar-refractivity contribution in [3.63, 3.8) is 0 Å². The molecule has 0 N–H and O–H groups in total. The minimum atomic E-state index is -0.849. The molecule has 1 atom stereocenters. The molecule has 1 aromatic heterocycles. The fourth-order valence-electron chi connectivity index (χ4n) is 2.83. The highest BCUT2D eigenvalue weighted by atomic mass is 16.6. The van der Waals surface area contributed by atoms with E-state index in [9.17, 15) is 9.59 Å². The van der Waals surface area contributed by atoms with Crippen LogP contribution in [0.2, 0.25) is 0 Å². The standard InChI is InChI=1S/C20H16O6/c1-12-6-7-14-13(9-19(21)26-17(14)8-12)10-24-20(22)18-11-23-15-4-2-3-5-16(15)25-18/h2-9,18H,10-11H2,1H3/t18-/m1/s1. The van der Waals surface area contributed by atoms with Crippen LogP contribution in [0.3, 0.4) is 0 Å². The van der Waals surface area contributed by atoms with Crippen LogP contribution in [0.25, 0.3) is 11.0 Å². The predicted octanol–water partition coefficient (Wildman–Crippen LogP) is 2.98. The Hall–Kier alpha value is -3.28. The zero-order valence-electron chi connectivity index (χ0n) is 14.1. The molecule has 0 spiro atoms. The number of fused-ring (bicyclic) bond motifs is 2. The van der Waals surface area contributed by atoms with Gasteiger partial charge in [0, 0.05) is 17.0 Å². The Morgan fingerprint density at radius 2 is 1.96 bits per heavy atom. The Bertz CT molecular complexity index is 1040. The van der Waals surface area contributed by atoms with Crippen LogP contribution < -0.4 is 15.1 Å². The molecular formula is C20H16O6. The van der Waals surface area contributed by atoms with Gasteiger partial charge in [0.2, 0.25) is 6.10 Å². The summed E-state index contributed by atoms with van der Waals surface area (Å²) in [5.74, 6) is 0.550. The number of esters is 1. The lowest BCUT2D eigenvalue weighted by atomic mass is 10.1. The van der Waals surface area contributed by atoms with Crippen LogP contribution >= 0.6 is 0 Å². The topological polar surface area (TPSA) is 75.0 Å². The van der Waals surface area contributed by atoms with Crippen molar-refractivity contribution in [2.75, 3.05) is 6.61 Å². The molecule has 0 radical (unpaired) electrons. The number of carbonyl (C=O) groups is 1. The lowest BCUT2D eigenvalue weighted by Crippen LogP contribution is -2.37. The second kappa shape index (κ2) is 6.55. The molecule has 6 heteroatoms. The van der Waals surface area contributed by atoms with Gasteiger partial charge in [-0.2, -0.15) is 0 Å². The van der Waals surface area contributed by atoms with Crippen molar-refractivity contribution in [3.05, 3.63) is 70.1 Å². The van der Waals surface area contributed by atoms with Gasteiger partial charge in [-0.3, -0.25) is 0 Å². The molecule has 132 valence electrons. The highest BCUT2D eigenvalue weighted by Crippen LogP contribution is 2.31. The number of hydrogen-bond acceptors (Lipinski definition) is 6. The first-order valence-corrected chi connectivity index (χ1v) is 8.19. The Kier molecular flexibility index (Phi) is 4.08. The number of benzene rings is 2. The van der Waals surface area contributed by atoms with Crippen molar-refractivity contribution in [2.45, 2.75) is 19.6 Å². The minimum Gasteiger partial charge on any atom is -0.485 e. The number of aryl methyl sites for hydroxylation is 1. The third-order valence-corrected chi connectivity index (χ3v) is 4.13. The first kappa shape index (κ1) is 16.2. The van der Waals surface area contributed by atoms with E-state index in [-0.39, 0.29) is 13.2 Å². The lowest BCUT2D eigenvalue weighted by molar-refractivity contribution is -0.155. The summed E-state index contributed by atoms with van der Waals surface area (Å²) >= 11 is 0. The molecule has 1 aliphatic rings. The SMILES string of the molecule is Cc1ccc2c(COC(=O)[C@H]3COc4ccccc4O3)cc(=O)oc2c1. The van der Waals surface area contributed by atoms with Gasteiger partial charge in [-0.25, -0.2) is 9.59 Å². The van der Waals surface area contributed by atoms with Gasteiger partial charge in [-0.1, -0.05) is 24.3 Å². The molecule has 0 saturated carbocycles. The van der Waals surface area contributed by atoms with E-state index in [4.69, 9.17) is 18.6 Å². The Morgan fingerprint density at radius 3 is 2.81 bits per heavy atom. The zero-order valence-corrected chi connectivity index (χ0v) is 14.1. The van der Waals surface area contributed by atoms with E-state index in [1.807, 2.05) is 25.1 Å². The summed E-state index contributed by atoms with van der Waals surface area (Å²) < 4.78 is 21.7. The van der Waals surface area contributed by atoms with Gasteiger partial charge in [-0.05, 0) is 30.7 Å². The summed E-state index contributed by atoms with van der Waals surface area (Å²) in [5.41, 5.74) is 1.54. The molecule has 0 bridgehead atoms. The maximum atomic E-state index is 12.3. The fraction of sp³-hybridized carbons (Fsp3) is 0.200. The second-order valence-corrected chi connectivity index (χ2v) is 6.06. The predicted molar refractivity (Wildman–Crippen MR) is 93.4 cm³/mol. The Morgan fingerprint density at radius 1 is 1.15 bits per heavy atom. The first-order valence-electron chi connectivity index (χ1n) is 8.19. The number of carbonyl (C=O) groups excluding carboxylic acids is 1. The van der Waals surface area contributed by atoms with E-state index >= 15 is 0 Å². The summed E-state index contributed by atoms with van der Waals surface area (Å²) in [6, 6.07) is 14.0. The summed E-state index contributed by atoms with van der Waals surface area (Å²) in [4.78, 5) is 24.1. The molecule has 1 aliphatic heterocycles. The van der Waals surface area contributed by atoms with E-state index < -0.39 is 17.7 Å². The summed E-state index contributed by atoms with van der Waals surface area (Å²) in [6.07, 6.45) is -0.849. The van der Waals surface area contributed by atoms with E-state index in [1.54, 1.807) is 24.3 Å². The Balaban J connectivity index is 1.50. The smallest absolute Gasteiger partial charge is 0.351 e. The van der Waals surface area contributed by atoms with Crippen molar-refractivity contribution in [1.29, 1.82) is 0 Å². The first-order chi connectivity index (χ1) is 12.6. The van der Waals surface area contributed by atoms with Gasteiger partial charge in [-0.15, -0.1) is 0 Å². The molecule has 26 heavy (non-hydrogen) atoms. The summed E-state index contributed by atoms with van der Waals surface area (Å²) in [5, 5.41) is 0.731. The molecule has 6 nitrogen and oxygen atoms in total. The third-order valence-electron chi connectivity index (χ3n) is 4.13. The van der Waals surface area contributed by atoms with Gasteiger partial charge in [0.15, 0.2) is 11.5 Å². The summed E-state index contributed by atoms with van der Waals surface area (Å²) in [6.45, 7) is 1.93. The second-order valence-electron chi connectivity index (χ2n) is 6.06. The van der Waals surface area contributed by atoms with Crippen LogP contribution in [0.1, 0.15) is 11.1 Å². The van der Waals surface area contributed by atoms with Gasteiger partial charge in [0.25, 0.3) is 0 Å². The molecule has 0 amide bonds. The van der Waals surface area contributed by atoms with Crippen LogP contribution in [0.5, 0.6) is 11.5 Å². The molecule has 0 fully saturated rings. The van der Waals surface area contributed by atoms with Gasteiger partial charge in [0.05, 0.1) is 0 Å². The van der Waals surface area contributed by atoms with Crippen LogP contribution in [0, 0.1) is 6.92 Å². The van der Waals surface area contributed by atoms with Crippen molar-refractivity contribution >= 4 is 16.9 Å². The number of para-hydroxylation sites is 2. The molecule has 0 unspecified atom stereocenters. The molecule has 0 aliphatic carbocycles. The maximum absolute atomic E-state index is 12.3. The highest BCUT2D eigenvalue weighted by molar-refractivity contribution is 5.81. The van der Waals surface area contributed by atoms with Crippen molar-refractivity contribution in [2.24, 2.45) is 0 Å². The largest absolute Gasteiger partial charge is 0.485 e. The van der Waals surface area contributed by atoms with Crippen molar-refractivity contribution < 1.29 is 23.4 Å². The van der Waals surface area contributed by atoms with Gasteiger partial charge < -0.3 is 18.6 Å². The van der Waals surface area contributed by atoms with Crippen LogP contribution in [-0.2, 0) is 16.1 Å². The van der Waals surface area contributed by atoms with E-state index in [2.05, 4.69) is 0 Å². The number of ether oxygens (including phenoxy) is 3. The molecule has 2 aromatic carbocycles.